The molecule has 0 atom stereocenters. The Labute approximate surface area is 304 Å². The molecule has 0 bridgehead atoms. The van der Waals surface area contributed by atoms with E-state index < -0.39 is 6.85 Å². The van der Waals surface area contributed by atoms with Gasteiger partial charge in [0.25, 0.3) is 0 Å². The summed E-state index contributed by atoms with van der Waals surface area (Å²) in [5.41, 5.74) is 16.7. The molecule has 0 N–H and O–H groups in total. The highest BCUT2D eigenvalue weighted by molar-refractivity contribution is 5.98. The summed E-state index contributed by atoms with van der Waals surface area (Å²) in [5.74, 6) is 1.76. The topological polar surface area (TPSA) is 52.7 Å². The van der Waals surface area contributed by atoms with Gasteiger partial charge in [-0.2, -0.15) is 4.98 Å². The van der Waals surface area contributed by atoms with Crippen LogP contribution in [0.2, 0.25) is 0 Å². The SMILES string of the molecule is [2H]C([2H])([2H])c1cccc2c1nc1n(-c3ccc(-c4ccc(-c5c(C)ccc6c5oc5nc7c(C)cccc7n56)cc4)c(C4CCCC4)c3)c3ccccc3n21. The summed E-state index contributed by atoms with van der Waals surface area (Å²) in [4.78, 5) is 9.92. The van der Waals surface area contributed by atoms with Crippen LogP contribution in [0.1, 0.15) is 58.0 Å². The third-order valence-corrected chi connectivity index (χ3v) is 11.4. The molecule has 52 heavy (non-hydrogen) atoms. The Morgan fingerprint density at radius 3 is 2.15 bits per heavy atom. The first-order chi connectivity index (χ1) is 26.7. The van der Waals surface area contributed by atoms with Gasteiger partial charge in [-0.15, -0.1) is 0 Å². The maximum Gasteiger partial charge on any atom is 0.307 e. The highest BCUT2D eigenvalue weighted by Crippen LogP contribution is 2.43. The van der Waals surface area contributed by atoms with E-state index in [1.54, 1.807) is 6.07 Å². The van der Waals surface area contributed by atoms with E-state index in [9.17, 15) is 0 Å². The van der Waals surface area contributed by atoms with Gasteiger partial charge in [0.15, 0.2) is 5.58 Å². The number of aryl methyl sites for hydroxylation is 3. The van der Waals surface area contributed by atoms with Crippen molar-refractivity contribution in [1.82, 2.24) is 23.3 Å². The number of hydrogen-bond donors (Lipinski definition) is 0. The second-order valence-corrected chi connectivity index (χ2v) is 14.5. The Morgan fingerprint density at radius 1 is 0.635 bits per heavy atom. The molecule has 0 amide bonds. The Balaban J connectivity index is 1.05. The predicted octanol–water partition coefficient (Wildman–Crippen LogP) is 11.9. The van der Waals surface area contributed by atoms with E-state index >= 15 is 0 Å². The number of nitrogens with zero attached hydrogens (tertiary/aromatic N) is 5. The number of aromatic nitrogens is 5. The van der Waals surface area contributed by atoms with Crippen LogP contribution >= 0.6 is 0 Å². The molecule has 6 nitrogen and oxygen atoms in total. The molecule has 6 heteroatoms. The minimum absolute atomic E-state index is 0.270. The fraction of sp³-hybridized carbons (Fsp3) is 0.174. The molecular weight excluding hydrogens is 639 g/mol. The maximum absolute atomic E-state index is 8.22. The zero-order valence-corrected chi connectivity index (χ0v) is 29.0. The summed E-state index contributed by atoms with van der Waals surface area (Å²) in [5, 5.41) is 0. The Morgan fingerprint density at radius 2 is 1.35 bits per heavy atom. The van der Waals surface area contributed by atoms with E-state index in [1.165, 1.54) is 29.5 Å². The fourth-order valence-corrected chi connectivity index (χ4v) is 8.94. The van der Waals surface area contributed by atoms with E-state index in [4.69, 9.17) is 18.5 Å². The summed E-state index contributed by atoms with van der Waals surface area (Å²) < 4.78 is 37.6. The average Bonchev–Trinajstić information content (AvgIpc) is 4.01. The summed E-state index contributed by atoms with van der Waals surface area (Å²) >= 11 is 0. The van der Waals surface area contributed by atoms with Crippen molar-refractivity contribution in [3.63, 3.8) is 0 Å². The zero-order valence-electron chi connectivity index (χ0n) is 32.0. The first kappa shape index (κ1) is 26.6. The maximum atomic E-state index is 8.22. The van der Waals surface area contributed by atoms with Gasteiger partial charge in [-0.05, 0) is 121 Å². The lowest BCUT2D eigenvalue weighted by Gasteiger charge is -2.19. The molecule has 4 heterocycles. The predicted molar refractivity (Wildman–Crippen MR) is 212 cm³/mol. The normalized spacial score (nSPS) is 15.2. The molecule has 0 saturated heterocycles. The van der Waals surface area contributed by atoms with Crippen molar-refractivity contribution in [3.8, 4) is 27.9 Å². The minimum atomic E-state index is -2.27. The molecule has 1 aliphatic carbocycles. The van der Waals surface area contributed by atoms with E-state index in [0.717, 1.165) is 79.5 Å². The number of oxazole rings is 1. The molecule has 10 aromatic rings. The van der Waals surface area contributed by atoms with Crippen molar-refractivity contribution in [2.24, 2.45) is 0 Å². The monoisotopic (exact) mass is 678 g/mol. The van der Waals surface area contributed by atoms with Gasteiger partial charge in [0, 0.05) is 15.4 Å². The van der Waals surface area contributed by atoms with Crippen LogP contribution in [0.15, 0.2) is 120 Å². The van der Waals surface area contributed by atoms with Gasteiger partial charge < -0.3 is 4.42 Å². The molecular formula is C46H37N5O. The van der Waals surface area contributed by atoms with Crippen molar-refractivity contribution < 1.29 is 8.53 Å². The number of fused-ring (bicyclic) bond motifs is 10. The van der Waals surface area contributed by atoms with E-state index in [2.05, 4.69) is 112 Å². The van der Waals surface area contributed by atoms with Crippen LogP contribution in [0.25, 0.3) is 83.8 Å². The molecule has 1 aliphatic rings. The Kier molecular flexibility index (Phi) is 5.60. The number of hydrogen-bond acceptors (Lipinski definition) is 3. The van der Waals surface area contributed by atoms with Crippen LogP contribution < -0.4 is 0 Å². The third-order valence-electron chi connectivity index (χ3n) is 11.4. The van der Waals surface area contributed by atoms with E-state index in [-0.39, 0.29) is 5.56 Å². The van der Waals surface area contributed by atoms with Crippen LogP contribution in [-0.4, -0.2) is 23.3 Å². The molecule has 252 valence electrons. The Bertz CT molecular complexity index is 3170. The highest BCUT2D eigenvalue weighted by Gasteiger charge is 2.24. The second kappa shape index (κ2) is 10.9. The summed E-state index contributed by atoms with van der Waals surface area (Å²) in [6.45, 7) is 1.96. The molecule has 1 fully saturated rings. The van der Waals surface area contributed by atoms with Gasteiger partial charge in [-0.1, -0.05) is 85.6 Å². The summed E-state index contributed by atoms with van der Waals surface area (Å²) in [6, 6.07) is 40.0. The van der Waals surface area contributed by atoms with Crippen molar-refractivity contribution in [3.05, 3.63) is 138 Å². The fourth-order valence-electron chi connectivity index (χ4n) is 8.94. The molecule has 6 aromatic carbocycles. The number of benzene rings is 6. The van der Waals surface area contributed by atoms with Crippen LogP contribution in [0.5, 0.6) is 0 Å². The Hall–Kier alpha value is -6.14. The number of imidazole rings is 3. The van der Waals surface area contributed by atoms with Gasteiger partial charge in [-0.3, -0.25) is 13.4 Å². The van der Waals surface area contributed by atoms with E-state index in [1.807, 2.05) is 24.3 Å². The lowest BCUT2D eigenvalue weighted by atomic mass is 9.88. The minimum Gasteiger partial charge on any atom is -0.422 e. The van der Waals surface area contributed by atoms with Crippen molar-refractivity contribution >= 4 is 55.8 Å². The van der Waals surface area contributed by atoms with Crippen molar-refractivity contribution in [2.75, 3.05) is 0 Å². The van der Waals surface area contributed by atoms with Crippen molar-refractivity contribution in [1.29, 1.82) is 0 Å². The van der Waals surface area contributed by atoms with Gasteiger partial charge in [0.2, 0.25) is 5.78 Å². The molecule has 1 saturated carbocycles. The molecule has 0 unspecified atom stereocenters. The van der Waals surface area contributed by atoms with Gasteiger partial charge in [0.05, 0.1) is 38.6 Å². The summed E-state index contributed by atoms with van der Waals surface area (Å²) in [7, 11) is 0. The van der Waals surface area contributed by atoms with Crippen LogP contribution in [0.3, 0.4) is 0 Å². The molecule has 0 spiro atoms. The molecule has 4 aromatic heterocycles. The van der Waals surface area contributed by atoms with Gasteiger partial charge in [-0.25, -0.2) is 4.98 Å². The molecule has 0 radical (unpaired) electrons. The average molecular weight is 679 g/mol. The molecule has 11 rings (SSSR count). The zero-order chi connectivity index (χ0) is 37.2. The first-order valence-electron chi connectivity index (χ1n) is 19.7. The lowest BCUT2D eigenvalue weighted by Crippen LogP contribution is -2.01. The number of para-hydroxylation sites is 4. The smallest absolute Gasteiger partial charge is 0.307 e. The van der Waals surface area contributed by atoms with Crippen LogP contribution in [0, 0.1) is 20.7 Å². The van der Waals surface area contributed by atoms with Crippen LogP contribution in [-0.2, 0) is 0 Å². The van der Waals surface area contributed by atoms with Gasteiger partial charge in [0.1, 0.15) is 0 Å². The van der Waals surface area contributed by atoms with Crippen molar-refractivity contribution in [2.45, 2.75) is 52.3 Å². The largest absolute Gasteiger partial charge is 0.422 e. The van der Waals surface area contributed by atoms with E-state index in [0.29, 0.717) is 23.1 Å². The standard InChI is InChI=1S/C46H37N5O/c1-27-18-25-40-44(52-46-48-43-29(3)11-9-17-39(43)51(40)46)41(27)32-21-19-31(20-22-32)34-24-23-33(26-35(34)30-12-4-5-13-30)49-36-14-6-7-15-37(36)50-38-16-8-10-28(2)42(38)47-45(49)50/h6-11,14-26,30H,4-5,12-13H2,1-3H3/i2D3. The third kappa shape index (κ3) is 4.12. The highest BCUT2D eigenvalue weighted by atomic mass is 16.4. The lowest BCUT2D eigenvalue weighted by molar-refractivity contribution is 0.644. The summed E-state index contributed by atoms with van der Waals surface area (Å²) in [6.07, 6.45) is 4.75. The quantitative estimate of drug-likeness (QED) is 0.186. The van der Waals surface area contributed by atoms with Crippen LogP contribution in [0.4, 0.5) is 0 Å². The second-order valence-electron chi connectivity index (χ2n) is 14.5. The van der Waals surface area contributed by atoms with Gasteiger partial charge >= 0.3 is 5.84 Å². The molecule has 0 aliphatic heterocycles. The first-order valence-corrected chi connectivity index (χ1v) is 18.2. The number of rotatable bonds is 4.